The Kier molecular flexibility index (Phi) is 10.5. The zero-order valence-corrected chi connectivity index (χ0v) is 12.7. The fraction of sp³-hybridized carbons (Fsp3) is 0.917. The molecule has 0 aromatic rings. The van der Waals surface area contributed by atoms with Crippen LogP contribution in [0.5, 0.6) is 0 Å². The van der Waals surface area contributed by atoms with Crippen molar-refractivity contribution >= 4 is 5.96 Å². The Balaban J connectivity index is 4.83. The molecule has 0 saturated heterocycles. The number of methoxy groups -OCH3 is 3. The highest BCUT2D eigenvalue weighted by Gasteiger charge is 2.18. The lowest BCUT2D eigenvalue weighted by Crippen LogP contribution is -2.51. The Hall–Kier alpha value is -0.890. The number of ether oxygens (including phenoxy) is 3. The molecule has 0 aliphatic rings. The van der Waals surface area contributed by atoms with Gasteiger partial charge in [-0.05, 0) is 13.8 Å². The van der Waals surface area contributed by atoms with Crippen LogP contribution in [0.3, 0.4) is 0 Å². The number of nitrogens with one attached hydrogen (secondary N) is 1. The van der Waals surface area contributed by atoms with E-state index in [2.05, 4.69) is 10.4 Å². The molecule has 0 spiro atoms. The smallest absolute Gasteiger partial charge is 0.209 e. The molecule has 2 unspecified atom stereocenters. The summed E-state index contributed by atoms with van der Waals surface area (Å²) in [6, 6.07) is 0.167. The van der Waals surface area contributed by atoms with Gasteiger partial charge in [-0.15, -0.1) is 0 Å². The van der Waals surface area contributed by atoms with Crippen LogP contribution in [0.15, 0.2) is 4.99 Å². The van der Waals surface area contributed by atoms with Crippen molar-refractivity contribution in [3.63, 3.8) is 0 Å². The average molecular weight is 276 g/mol. The average Bonchev–Trinajstić information content (AvgIpc) is 2.38. The van der Waals surface area contributed by atoms with Crippen LogP contribution in [-0.4, -0.2) is 70.6 Å². The van der Waals surface area contributed by atoms with Gasteiger partial charge in [0.2, 0.25) is 5.96 Å². The molecule has 0 rings (SSSR count). The predicted octanol–water partition coefficient (Wildman–Crippen LogP) is -0.176. The van der Waals surface area contributed by atoms with E-state index in [4.69, 9.17) is 20.1 Å². The van der Waals surface area contributed by atoms with E-state index in [1.807, 2.05) is 18.7 Å². The minimum atomic E-state index is 0.0239. The molecular formula is C12H28N4O3. The molecule has 3 N–H and O–H groups in total. The van der Waals surface area contributed by atoms with Gasteiger partial charge in [-0.25, -0.2) is 10.8 Å². The second-order valence-corrected chi connectivity index (χ2v) is 4.39. The van der Waals surface area contributed by atoms with Crippen molar-refractivity contribution in [3.8, 4) is 0 Å². The van der Waals surface area contributed by atoms with Crippen molar-refractivity contribution in [3.05, 3.63) is 0 Å². The molecule has 0 radical (unpaired) electrons. The fourth-order valence-electron chi connectivity index (χ4n) is 1.74. The number of hydrazine groups is 1. The van der Waals surface area contributed by atoms with Gasteiger partial charge in [-0.1, -0.05) is 0 Å². The van der Waals surface area contributed by atoms with Crippen LogP contribution in [0.25, 0.3) is 0 Å². The number of nitrogens with two attached hydrogens (primary N) is 1. The minimum Gasteiger partial charge on any atom is -0.383 e. The van der Waals surface area contributed by atoms with Gasteiger partial charge in [0, 0.05) is 27.9 Å². The molecule has 2 atom stereocenters. The molecule has 0 heterocycles. The first-order chi connectivity index (χ1) is 9.10. The highest BCUT2D eigenvalue weighted by Crippen LogP contribution is 2.02. The quantitative estimate of drug-likeness (QED) is 0.263. The lowest BCUT2D eigenvalue weighted by Gasteiger charge is -2.31. The first kappa shape index (κ1) is 18.1. The molecule has 0 amide bonds. The molecule has 7 nitrogen and oxygen atoms in total. The molecule has 0 aliphatic carbocycles. The summed E-state index contributed by atoms with van der Waals surface area (Å²) in [4.78, 5) is 6.54. The summed E-state index contributed by atoms with van der Waals surface area (Å²) in [5.41, 5.74) is 2.65. The normalized spacial score (nSPS) is 15.2. The largest absolute Gasteiger partial charge is 0.383 e. The summed E-state index contributed by atoms with van der Waals surface area (Å²) in [7, 11) is 4.99. The van der Waals surface area contributed by atoms with E-state index in [1.54, 1.807) is 21.3 Å². The van der Waals surface area contributed by atoms with E-state index in [1.165, 1.54) is 0 Å². The molecule has 7 heteroatoms. The maximum atomic E-state index is 5.58. The number of aliphatic imine (C=N–C) groups is 1. The van der Waals surface area contributed by atoms with Crippen molar-refractivity contribution in [1.29, 1.82) is 0 Å². The Morgan fingerprint density at radius 3 is 2.26 bits per heavy atom. The number of rotatable bonds is 9. The van der Waals surface area contributed by atoms with Crippen LogP contribution in [0, 0.1) is 0 Å². The van der Waals surface area contributed by atoms with Gasteiger partial charge in [-0.2, -0.15) is 0 Å². The van der Waals surface area contributed by atoms with Gasteiger partial charge in [0.1, 0.15) is 0 Å². The van der Waals surface area contributed by atoms with E-state index in [0.29, 0.717) is 32.3 Å². The Morgan fingerprint density at radius 2 is 1.79 bits per heavy atom. The van der Waals surface area contributed by atoms with E-state index in [9.17, 15) is 0 Å². The van der Waals surface area contributed by atoms with Crippen LogP contribution in [-0.2, 0) is 14.2 Å². The molecule has 114 valence electrons. The summed E-state index contributed by atoms with van der Waals surface area (Å²) in [5.74, 6) is 6.20. The SMILES string of the molecule is COCCN(C(=NC(C)COC)NN)C(C)COC. The van der Waals surface area contributed by atoms with Crippen LogP contribution in [0.4, 0.5) is 0 Å². The highest BCUT2D eigenvalue weighted by atomic mass is 16.5. The molecule has 19 heavy (non-hydrogen) atoms. The van der Waals surface area contributed by atoms with Gasteiger partial charge < -0.3 is 19.1 Å². The zero-order valence-electron chi connectivity index (χ0n) is 12.7. The van der Waals surface area contributed by atoms with Crippen LogP contribution < -0.4 is 11.3 Å². The van der Waals surface area contributed by atoms with Gasteiger partial charge in [0.25, 0.3) is 0 Å². The second kappa shape index (κ2) is 11.0. The Labute approximate surface area is 116 Å². The standard InChI is InChI=1S/C12H28N4O3/c1-10(8-18-4)14-12(15-13)16(6-7-17-3)11(2)9-19-5/h10-11H,6-9,13H2,1-5H3,(H,14,15). The summed E-state index contributed by atoms with van der Waals surface area (Å²) in [6.07, 6.45) is 0. The Bertz CT molecular complexity index is 251. The monoisotopic (exact) mass is 276 g/mol. The number of hydrogen-bond acceptors (Lipinski definition) is 5. The molecule has 0 saturated carbocycles. The van der Waals surface area contributed by atoms with Crippen molar-refractivity contribution in [2.24, 2.45) is 10.8 Å². The van der Waals surface area contributed by atoms with Crippen LogP contribution in [0.2, 0.25) is 0 Å². The maximum absolute atomic E-state index is 5.58. The van der Waals surface area contributed by atoms with E-state index < -0.39 is 0 Å². The minimum absolute atomic E-state index is 0.0239. The van der Waals surface area contributed by atoms with E-state index in [-0.39, 0.29) is 12.1 Å². The number of hydrogen-bond donors (Lipinski definition) is 2. The number of guanidine groups is 1. The summed E-state index contributed by atoms with van der Waals surface area (Å²) >= 11 is 0. The summed E-state index contributed by atoms with van der Waals surface area (Å²) in [5, 5.41) is 0. The van der Waals surface area contributed by atoms with Crippen molar-refractivity contribution in [2.45, 2.75) is 25.9 Å². The van der Waals surface area contributed by atoms with Gasteiger partial charge in [-0.3, -0.25) is 5.43 Å². The first-order valence-electron chi connectivity index (χ1n) is 6.38. The third-order valence-corrected chi connectivity index (χ3v) is 2.63. The molecule has 0 aromatic carbocycles. The summed E-state index contributed by atoms with van der Waals surface area (Å²) in [6.45, 7) is 6.42. The molecule has 0 bridgehead atoms. The third-order valence-electron chi connectivity index (χ3n) is 2.63. The van der Waals surface area contributed by atoms with Gasteiger partial charge in [0.15, 0.2) is 0 Å². The lowest BCUT2D eigenvalue weighted by atomic mass is 10.3. The maximum Gasteiger partial charge on any atom is 0.209 e. The van der Waals surface area contributed by atoms with Crippen molar-refractivity contribution in [1.82, 2.24) is 10.3 Å². The Morgan fingerprint density at radius 1 is 1.16 bits per heavy atom. The lowest BCUT2D eigenvalue weighted by molar-refractivity contribution is 0.110. The summed E-state index contributed by atoms with van der Waals surface area (Å²) < 4.78 is 15.4. The number of nitrogens with zero attached hydrogens (tertiary/aromatic N) is 2. The molecular weight excluding hydrogens is 248 g/mol. The van der Waals surface area contributed by atoms with Crippen molar-refractivity contribution < 1.29 is 14.2 Å². The van der Waals surface area contributed by atoms with Crippen LogP contribution >= 0.6 is 0 Å². The zero-order chi connectivity index (χ0) is 14.7. The molecule has 0 aromatic heterocycles. The molecule has 0 fully saturated rings. The fourth-order valence-corrected chi connectivity index (χ4v) is 1.74. The van der Waals surface area contributed by atoms with Crippen molar-refractivity contribution in [2.75, 3.05) is 47.7 Å². The molecule has 0 aliphatic heterocycles. The van der Waals surface area contributed by atoms with Gasteiger partial charge >= 0.3 is 0 Å². The van der Waals surface area contributed by atoms with E-state index >= 15 is 0 Å². The predicted molar refractivity (Wildman–Crippen MR) is 76.0 cm³/mol. The van der Waals surface area contributed by atoms with Crippen LogP contribution in [0.1, 0.15) is 13.8 Å². The highest BCUT2D eigenvalue weighted by molar-refractivity contribution is 5.79. The topological polar surface area (TPSA) is 81.3 Å². The van der Waals surface area contributed by atoms with Gasteiger partial charge in [0.05, 0.1) is 31.9 Å². The second-order valence-electron chi connectivity index (χ2n) is 4.39. The third kappa shape index (κ3) is 7.31. The first-order valence-corrected chi connectivity index (χ1v) is 6.38. The van der Waals surface area contributed by atoms with E-state index in [0.717, 1.165) is 0 Å².